The molecule has 2 aliphatic rings. The third kappa shape index (κ3) is 5.00. The van der Waals surface area contributed by atoms with Crippen molar-refractivity contribution in [1.82, 2.24) is 0 Å². The largest absolute Gasteiger partial charge is 0.504 e. The summed E-state index contributed by atoms with van der Waals surface area (Å²) in [6.45, 7) is 14.3. The molecule has 32 heavy (non-hydrogen) atoms. The van der Waals surface area contributed by atoms with Crippen LogP contribution in [0.1, 0.15) is 95.8 Å². The molecule has 1 aliphatic carbocycles. The van der Waals surface area contributed by atoms with Crippen molar-refractivity contribution in [3.8, 4) is 11.5 Å². The molecule has 1 heterocycles. The van der Waals surface area contributed by atoms with Crippen LogP contribution in [0.3, 0.4) is 0 Å². The lowest BCUT2D eigenvalue weighted by Gasteiger charge is -2.40. The molecular formula is C27H42O5. The van der Waals surface area contributed by atoms with E-state index >= 15 is 0 Å². The Hall–Kier alpha value is -1.56. The molecule has 0 spiro atoms. The minimum atomic E-state index is -0.948. The summed E-state index contributed by atoms with van der Waals surface area (Å²) in [7, 11) is 0. The highest BCUT2D eigenvalue weighted by molar-refractivity contribution is 5.57. The third-order valence-corrected chi connectivity index (χ3v) is 7.56. The zero-order valence-electron chi connectivity index (χ0n) is 20.8. The van der Waals surface area contributed by atoms with Gasteiger partial charge in [-0.2, -0.15) is 0 Å². The van der Waals surface area contributed by atoms with Crippen LogP contribution in [0.2, 0.25) is 0 Å². The van der Waals surface area contributed by atoms with Gasteiger partial charge in [-0.3, -0.25) is 0 Å². The van der Waals surface area contributed by atoms with E-state index < -0.39 is 30.5 Å². The summed E-state index contributed by atoms with van der Waals surface area (Å²) in [4.78, 5) is 0. The lowest BCUT2D eigenvalue weighted by Crippen LogP contribution is -2.54. The number of phenolic OH excluding ortho intramolecular Hbond substituents is 1. The topological polar surface area (TPSA) is 79.2 Å². The van der Waals surface area contributed by atoms with Gasteiger partial charge >= 0.3 is 0 Å². The molecule has 1 aromatic rings. The maximum absolute atomic E-state index is 11.3. The Morgan fingerprint density at radius 2 is 1.88 bits per heavy atom. The van der Waals surface area contributed by atoms with Crippen molar-refractivity contribution in [3.05, 3.63) is 34.4 Å². The molecule has 180 valence electrons. The average molecular weight is 447 g/mol. The second-order valence-corrected chi connectivity index (χ2v) is 10.5. The van der Waals surface area contributed by atoms with Crippen molar-refractivity contribution in [3.63, 3.8) is 0 Å². The first-order valence-electron chi connectivity index (χ1n) is 12.2. The minimum absolute atomic E-state index is 0.206. The highest BCUT2D eigenvalue weighted by atomic mass is 16.7. The van der Waals surface area contributed by atoms with Gasteiger partial charge < -0.3 is 24.8 Å². The number of hydrogen-bond donors (Lipinski definition) is 3. The number of aliphatic hydroxyl groups is 2. The van der Waals surface area contributed by atoms with E-state index in [2.05, 4.69) is 39.8 Å². The fourth-order valence-corrected chi connectivity index (χ4v) is 5.37. The zero-order valence-corrected chi connectivity index (χ0v) is 20.8. The van der Waals surface area contributed by atoms with Crippen molar-refractivity contribution < 1.29 is 24.8 Å². The van der Waals surface area contributed by atoms with E-state index in [0.29, 0.717) is 17.6 Å². The molecule has 1 saturated heterocycles. The highest BCUT2D eigenvalue weighted by Gasteiger charge is 2.42. The summed E-state index contributed by atoms with van der Waals surface area (Å²) in [5, 5.41) is 31.8. The standard InChI is InChI=1S/C27H42O5/c1-14(2)9-8-10-15(3)20-12-11-16(4)22-21(20)13-17(5)26(25(22)30)32-27-18(6)23(28)24(29)19(7)31-27/h9,13,15-16,18-20,23-24,27-30H,8,10-12H2,1-7H3. The molecule has 0 bridgehead atoms. The Morgan fingerprint density at radius 1 is 1.19 bits per heavy atom. The van der Waals surface area contributed by atoms with Crippen LogP contribution >= 0.6 is 0 Å². The van der Waals surface area contributed by atoms with Crippen molar-refractivity contribution in [2.75, 3.05) is 0 Å². The predicted molar refractivity (Wildman–Crippen MR) is 127 cm³/mol. The zero-order chi connectivity index (χ0) is 23.7. The fraction of sp³-hybridized carbons (Fsp3) is 0.704. The van der Waals surface area contributed by atoms with Crippen LogP contribution in [0.4, 0.5) is 0 Å². The van der Waals surface area contributed by atoms with Gasteiger partial charge in [0.05, 0.1) is 12.2 Å². The Bertz CT molecular complexity index is 828. The lowest BCUT2D eigenvalue weighted by molar-refractivity contribution is -0.245. The lowest BCUT2D eigenvalue weighted by atomic mass is 9.70. The number of ether oxygens (including phenoxy) is 2. The average Bonchev–Trinajstić information content (AvgIpc) is 2.72. The van der Waals surface area contributed by atoms with Gasteiger partial charge in [0.1, 0.15) is 6.10 Å². The third-order valence-electron chi connectivity index (χ3n) is 7.56. The number of fused-ring (bicyclic) bond motifs is 1. The van der Waals surface area contributed by atoms with E-state index in [-0.39, 0.29) is 11.7 Å². The molecule has 1 aromatic carbocycles. The number of benzene rings is 1. The van der Waals surface area contributed by atoms with Crippen LogP contribution in [-0.4, -0.2) is 39.9 Å². The van der Waals surface area contributed by atoms with E-state index in [1.54, 1.807) is 13.8 Å². The van der Waals surface area contributed by atoms with Gasteiger partial charge in [0.2, 0.25) is 6.29 Å². The Balaban J connectivity index is 1.89. The summed E-state index contributed by atoms with van der Waals surface area (Å²) in [5.74, 6) is 1.43. The fourth-order valence-electron chi connectivity index (χ4n) is 5.37. The van der Waals surface area contributed by atoms with Gasteiger partial charge in [-0.15, -0.1) is 0 Å². The molecular weight excluding hydrogens is 404 g/mol. The van der Waals surface area contributed by atoms with Crippen molar-refractivity contribution in [2.45, 2.75) is 111 Å². The minimum Gasteiger partial charge on any atom is -0.504 e. The van der Waals surface area contributed by atoms with Crippen LogP contribution in [-0.2, 0) is 4.74 Å². The number of aryl methyl sites for hydroxylation is 1. The molecule has 5 heteroatoms. The van der Waals surface area contributed by atoms with Gasteiger partial charge in [-0.1, -0.05) is 38.5 Å². The van der Waals surface area contributed by atoms with E-state index in [4.69, 9.17) is 9.47 Å². The van der Waals surface area contributed by atoms with Gasteiger partial charge in [0, 0.05) is 11.5 Å². The molecule has 0 saturated carbocycles. The van der Waals surface area contributed by atoms with Crippen LogP contribution in [0.15, 0.2) is 17.7 Å². The number of phenols is 1. The molecule has 0 aromatic heterocycles. The Labute approximate surface area is 193 Å². The second kappa shape index (κ2) is 10.1. The van der Waals surface area contributed by atoms with Crippen LogP contribution < -0.4 is 4.74 Å². The monoisotopic (exact) mass is 446 g/mol. The first-order valence-corrected chi connectivity index (χ1v) is 12.2. The maximum atomic E-state index is 11.3. The molecule has 8 unspecified atom stereocenters. The smallest absolute Gasteiger partial charge is 0.205 e. The Kier molecular flexibility index (Phi) is 7.95. The quantitative estimate of drug-likeness (QED) is 0.500. The molecule has 1 fully saturated rings. The Morgan fingerprint density at radius 3 is 2.53 bits per heavy atom. The van der Waals surface area contributed by atoms with Gasteiger partial charge in [0.15, 0.2) is 11.5 Å². The molecule has 3 rings (SSSR count). The summed E-state index contributed by atoms with van der Waals surface area (Å²) < 4.78 is 12.0. The summed E-state index contributed by atoms with van der Waals surface area (Å²) in [5.41, 5.74) is 4.47. The summed E-state index contributed by atoms with van der Waals surface area (Å²) in [6, 6.07) is 2.18. The van der Waals surface area contributed by atoms with E-state index in [1.165, 1.54) is 11.1 Å². The van der Waals surface area contributed by atoms with E-state index in [9.17, 15) is 15.3 Å². The second-order valence-electron chi connectivity index (χ2n) is 10.5. The molecule has 8 atom stereocenters. The van der Waals surface area contributed by atoms with E-state index in [1.807, 2.05) is 6.92 Å². The van der Waals surface area contributed by atoms with Crippen LogP contribution in [0, 0.1) is 18.8 Å². The van der Waals surface area contributed by atoms with Crippen LogP contribution in [0.5, 0.6) is 11.5 Å². The SMILES string of the molecule is CC(C)=CCCC(C)C1CCC(C)c2c1cc(C)c(OC1OC(C)C(O)C(O)C1C)c2O. The summed E-state index contributed by atoms with van der Waals surface area (Å²) >= 11 is 0. The molecule has 1 aliphatic heterocycles. The first-order chi connectivity index (χ1) is 15.0. The van der Waals surface area contributed by atoms with Gasteiger partial charge in [-0.05, 0) is 82.3 Å². The van der Waals surface area contributed by atoms with Crippen molar-refractivity contribution in [2.24, 2.45) is 11.8 Å². The van der Waals surface area contributed by atoms with Crippen molar-refractivity contribution in [1.29, 1.82) is 0 Å². The van der Waals surface area contributed by atoms with Crippen LogP contribution in [0.25, 0.3) is 0 Å². The molecule has 0 amide bonds. The molecule has 3 N–H and O–H groups in total. The van der Waals surface area contributed by atoms with Gasteiger partial charge in [-0.25, -0.2) is 0 Å². The van der Waals surface area contributed by atoms with E-state index in [0.717, 1.165) is 36.8 Å². The first kappa shape index (κ1) is 25.1. The molecule has 0 radical (unpaired) electrons. The predicted octanol–water partition coefficient (Wildman–Crippen LogP) is 5.55. The number of hydrogen-bond acceptors (Lipinski definition) is 5. The highest BCUT2D eigenvalue weighted by Crippen LogP contribution is 2.51. The number of aliphatic hydroxyl groups excluding tert-OH is 2. The number of aromatic hydroxyl groups is 1. The van der Waals surface area contributed by atoms with Crippen molar-refractivity contribution >= 4 is 0 Å². The van der Waals surface area contributed by atoms with Gasteiger partial charge in [0.25, 0.3) is 0 Å². The normalized spacial score (nSPS) is 33.3. The maximum Gasteiger partial charge on any atom is 0.205 e. The summed E-state index contributed by atoms with van der Waals surface area (Å²) in [6.07, 6.45) is 3.53. The number of allylic oxidation sites excluding steroid dienone is 2. The number of rotatable bonds is 6. The molecule has 5 nitrogen and oxygen atoms in total.